The Labute approximate surface area is 227 Å². The first-order valence-corrected chi connectivity index (χ1v) is 12.3. The highest BCUT2D eigenvalue weighted by atomic mass is 35.5. The maximum atomic E-state index is 13.0. The zero-order chi connectivity index (χ0) is 26.9. The summed E-state index contributed by atoms with van der Waals surface area (Å²) in [7, 11) is 0. The van der Waals surface area contributed by atoms with Crippen LogP contribution in [0.4, 0.5) is 24.7 Å². The van der Waals surface area contributed by atoms with Crippen LogP contribution in [0.2, 0.25) is 10.0 Å². The van der Waals surface area contributed by atoms with Gasteiger partial charge in [-0.05, 0) is 68.4 Å². The topological polar surface area (TPSA) is 59.7 Å². The molecular formula is C25H23Cl2F3N6S. The first-order chi connectivity index (χ1) is 17.4. The van der Waals surface area contributed by atoms with Gasteiger partial charge in [0.25, 0.3) is 0 Å². The minimum absolute atomic E-state index is 0.190. The van der Waals surface area contributed by atoms with E-state index in [1.807, 2.05) is 31.5 Å². The molecule has 2 aromatic carbocycles. The number of nitrogens with one attached hydrogen (secondary N) is 2. The third-order valence-electron chi connectivity index (χ3n) is 5.76. The molecule has 2 aromatic heterocycles. The molecule has 0 saturated heterocycles. The van der Waals surface area contributed by atoms with Crippen molar-refractivity contribution < 1.29 is 13.2 Å². The average Bonchev–Trinajstić information content (AvgIpc) is 3.28. The third-order valence-corrected chi connectivity index (χ3v) is 6.56. The maximum absolute atomic E-state index is 13.0. The largest absolute Gasteiger partial charge is 0.416 e. The van der Waals surface area contributed by atoms with E-state index in [4.69, 9.17) is 35.4 Å². The number of hydrogen-bond donors (Lipinski definition) is 2. The Morgan fingerprint density at radius 3 is 2.41 bits per heavy atom. The average molecular weight is 567 g/mol. The quantitative estimate of drug-likeness (QED) is 0.241. The Bertz CT molecular complexity index is 1460. The van der Waals surface area contributed by atoms with Crippen molar-refractivity contribution in [3.63, 3.8) is 0 Å². The molecule has 2 heterocycles. The molecule has 0 aliphatic heterocycles. The highest BCUT2D eigenvalue weighted by Crippen LogP contribution is 2.30. The molecular weight excluding hydrogens is 544 g/mol. The lowest BCUT2D eigenvalue weighted by molar-refractivity contribution is -0.137. The number of nitrogens with zero attached hydrogens (tertiary/aromatic N) is 4. The van der Waals surface area contributed by atoms with Gasteiger partial charge < -0.3 is 10.6 Å². The minimum Gasteiger partial charge on any atom is -0.329 e. The summed E-state index contributed by atoms with van der Waals surface area (Å²) < 4.78 is 42.6. The molecule has 0 aliphatic rings. The van der Waals surface area contributed by atoms with Gasteiger partial charge in [-0.2, -0.15) is 23.4 Å². The van der Waals surface area contributed by atoms with Crippen LogP contribution < -0.4 is 10.6 Å². The molecule has 4 aromatic rings. The van der Waals surface area contributed by atoms with Crippen LogP contribution in [-0.2, 0) is 19.3 Å². The van der Waals surface area contributed by atoms with E-state index in [0.29, 0.717) is 33.1 Å². The van der Waals surface area contributed by atoms with Crippen LogP contribution in [-0.4, -0.2) is 24.7 Å². The summed E-state index contributed by atoms with van der Waals surface area (Å²) >= 11 is 17.8. The fourth-order valence-electron chi connectivity index (χ4n) is 3.85. The highest BCUT2D eigenvalue weighted by Gasteiger charge is 2.30. The molecule has 0 amide bonds. The highest BCUT2D eigenvalue weighted by molar-refractivity contribution is 7.80. The number of thiocarbonyl (C=S) groups is 1. The number of aryl methyl sites for hydroxylation is 2. The van der Waals surface area contributed by atoms with Crippen LogP contribution in [0, 0.1) is 20.8 Å². The number of aromatic nitrogens is 4. The number of halogens is 5. The zero-order valence-electron chi connectivity index (χ0n) is 20.1. The SMILES string of the molecule is Cc1nn(Cc2ccc(Cl)cc2Cl)c(C)c1NC(=S)Nc1cc(C)n(Cc2cccc(C(F)(F)F)c2)n1. The van der Waals surface area contributed by atoms with E-state index >= 15 is 0 Å². The van der Waals surface area contributed by atoms with Gasteiger partial charge in [0.15, 0.2) is 10.9 Å². The van der Waals surface area contributed by atoms with Crippen molar-refractivity contribution in [2.24, 2.45) is 0 Å². The fraction of sp³-hybridized carbons (Fsp3) is 0.240. The van der Waals surface area contributed by atoms with Crippen LogP contribution in [0.3, 0.4) is 0 Å². The molecule has 37 heavy (non-hydrogen) atoms. The summed E-state index contributed by atoms with van der Waals surface area (Å²) in [4.78, 5) is 0. The molecule has 4 rings (SSSR count). The lowest BCUT2D eigenvalue weighted by Gasteiger charge is -2.11. The third kappa shape index (κ3) is 6.44. The number of hydrogen-bond acceptors (Lipinski definition) is 3. The van der Waals surface area contributed by atoms with Crippen LogP contribution >= 0.6 is 35.4 Å². The summed E-state index contributed by atoms with van der Waals surface area (Å²) in [5.41, 5.74) is 3.81. The van der Waals surface area contributed by atoms with Gasteiger partial charge in [-0.25, -0.2) is 0 Å². The minimum atomic E-state index is -4.40. The van der Waals surface area contributed by atoms with Gasteiger partial charge in [0, 0.05) is 21.8 Å². The van der Waals surface area contributed by atoms with Crippen LogP contribution in [0.25, 0.3) is 0 Å². The lowest BCUT2D eigenvalue weighted by atomic mass is 10.1. The Morgan fingerprint density at radius 1 is 0.946 bits per heavy atom. The first kappa shape index (κ1) is 27.0. The van der Waals surface area contributed by atoms with Crippen molar-refractivity contribution in [1.82, 2.24) is 19.6 Å². The Hall–Kier alpha value is -3.08. The van der Waals surface area contributed by atoms with Gasteiger partial charge >= 0.3 is 6.18 Å². The van der Waals surface area contributed by atoms with Crippen molar-refractivity contribution >= 4 is 52.0 Å². The van der Waals surface area contributed by atoms with Crippen LogP contribution in [0.15, 0.2) is 48.5 Å². The summed E-state index contributed by atoms with van der Waals surface area (Å²) in [6.07, 6.45) is -4.40. The number of anilines is 2. The number of benzene rings is 2. The van der Waals surface area contributed by atoms with Crippen molar-refractivity contribution in [1.29, 1.82) is 0 Å². The standard InChI is InChI=1S/C25H23Cl2F3N6S/c1-14-9-22(34-35(14)12-17-5-4-6-19(10-17)25(28,29)30)31-24(37)32-23-15(2)33-36(16(23)3)13-18-7-8-20(26)11-21(18)27/h4-11H,12-13H2,1-3H3,(H2,31,32,34,37). The summed E-state index contributed by atoms with van der Waals surface area (Å²) in [6.45, 7) is 6.26. The predicted octanol–water partition coefficient (Wildman–Crippen LogP) is 7.24. The van der Waals surface area contributed by atoms with E-state index in [-0.39, 0.29) is 6.54 Å². The van der Waals surface area contributed by atoms with Gasteiger partial charge in [-0.1, -0.05) is 41.4 Å². The van der Waals surface area contributed by atoms with E-state index in [0.717, 1.165) is 40.5 Å². The molecule has 12 heteroatoms. The van der Waals surface area contributed by atoms with Crippen molar-refractivity contribution in [3.8, 4) is 0 Å². The molecule has 0 fully saturated rings. The van der Waals surface area contributed by atoms with E-state index in [1.54, 1.807) is 28.9 Å². The van der Waals surface area contributed by atoms with E-state index in [9.17, 15) is 13.2 Å². The van der Waals surface area contributed by atoms with Crippen LogP contribution in [0.5, 0.6) is 0 Å². The second kappa shape index (κ2) is 10.7. The van der Waals surface area contributed by atoms with Gasteiger partial charge in [0.1, 0.15) is 0 Å². The molecule has 0 saturated carbocycles. The number of alkyl halides is 3. The molecule has 0 unspecified atom stereocenters. The van der Waals surface area contributed by atoms with Crippen molar-refractivity contribution in [2.45, 2.75) is 40.0 Å². The molecule has 0 aliphatic carbocycles. The molecule has 194 valence electrons. The second-order valence-electron chi connectivity index (χ2n) is 8.55. The van der Waals surface area contributed by atoms with Gasteiger partial charge in [0.2, 0.25) is 0 Å². The molecule has 0 spiro atoms. The zero-order valence-corrected chi connectivity index (χ0v) is 22.4. The summed E-state index contributed by atoms with van der Waals surface area (Å²) in [5.74, 6) is 0.470. The molecule has 2 N–H and O–H groups in total. The van der Waals surface area contributed by atoms with Crippen LogP contribution in [0.1, 0.15) is 33.8 Å². The summed E-state index contributed by atoms with van der Waals surface area (Å²) in [5, 5.41) is 16.7. The van der Waals surface area contributed by atoms with E-state index < -0.39 is 11.7 Å². The Morgan fingerprint density at radius 2 is 1.70 bits per heavy atom. The molecule has 0 radical (unpaired) electrons. The van der Waals surface area contributed by atoms with Crippen molar-refractivity contribution in [2.75, 3.05) is 10.6 Å². The van der Waals surface area contributed by atoms with Gasteiger partial charge in [-0.15, -0.1) is 0 Å². The van der Waals surface area contributed by atoms with Crippen molar-refractivity contribution in [3.05, 3.63) is 92.3 Å². The Balaban J connectivity index is 1.44. The molecule has 6 nitrogen and oxygen atoms in total. The second-order valence-corrected chi connectivity index (χ2v) is 9.80. The lowest BCUT2D eigenvalue weighted by Crippen LogP contribution is -2.20. The Kier molecular flexibility index (Phi) is 7.82. The normalized spacial score (nSPS) is 11.6. The summed E-state index contributed by atoms with van der Waals surface area (Å²) in [6, 6.07) is 12.3. The fourth-order valence-corrected chi connectivity index (χ4v) is 4.53. The first-order valence-electron chi connectivity index (χ1n) is 11.2. The van der Waals surface area contributed by atoms with E-state index in [1.165, 1.54) is 6.07 Å². The van der Waals surface area contributed by atoms with Gasteiger partial charge in [-0.3, -0.25) is 9.36 Å². The van der Waals surface area contributed by atoms with Gasteiger partial charge in [0.05, 0.1) is 35.7 Å². The predicted molar refractivity (Wildman–Crippen MR) is 145 cm³/mol. The maximum Gasteiger partial charge on any atom is 0.416 e. The monoisotopic (exact) mass is 566 g/mol. The molecule has 0 bridgehead atoms. The van der Waals surface area contributed by atoms with E-state index in [2.05, 4.69) is 20.8 Å². The number of rotatable bonds is 6. The smallest absolute Gasteiger partial charge is 0.329 e. The molecule has 0 atom stereocenters.